The lowest BCUT2D eigenvalue weighted by Gasteiger charge is -2.35. The average molecular weight is 517 g/mol. The third kappa shape index (κ3) is 8.39. The number of Topliss-reactive ketones (excluding diaryl/α,β-unsaturated/α-hetero) is 1. The van der Waals surface area contributed by atoms with E-state index in [2.05, 4.69) is 23.0 Å². The molecule has 0 aromatic carbocycles. The Bertz CT molecular complexity index is 957. The van der Waals surface area contributed by atoms with Crippen LogP contribution >= 0.6 is 11.6 Å². The molecule has 1 aromatic heterocycles. The normalized spacial score (nSPS) is 30.7. The van der Waals surface area contributed by atoms with Crippen LogP contribution in [0, 0.1) is 17.3 Å². The number of carbonyl (C=O) groups is 2. The zero-order chi connectivity index (χ0) is 26.9. The zero-order valence-corrected chi connectivity index (χ0v) is 22.7. The smallest absolute Gasteiger partial charge is 0.223 e. The lowest BCUT2D eigenvalue weighted by atomic mass is 9.71. The number of aromatic nitrogens is 1. The zero-order valence-electron chi connectivity index (χ0n) is 21.9. The van der Waals surface area contributed by atoms with Crippen LogP contribution in [0.1, 0.15) is 71.9 Å². The van der Waals surface area contributed by atoms with Gasteiger partial charge in [-0.1, -0.05) is 56.2 Å². The van der Waals surface area contributed by atoms with Crippen LogP contribution in [0.25, 0.3) is 6.08 Å². The van der Waals surface area contributed by atoms with Crippen LogP contribution in [0.15, 0.2) is 53.7 Å². The van der Waals surface area contributed by atoms with Crippen LogP contribution < -0.4 is 5.32 Å². The number of aliphatic hydroxyl groups is 2. The lowest BCUT2D eigenvalue weighted by Crippen LogP contribution is -2.47. The number of amides is 1. The molecule has 0 saturated carbocycles. The number of hydrogen-bond acceptors (Lipinski definition) is 5. The van der Waals surface area contributed by atoms with E-state index < -0.39 is 35.5 Å². The van der Waals surface area contributed by atoms with Gasteiger partial charge in [-0.05, 0) is 63.2 Å². The molecule has 36 heavy (non-hydrogen) atoms. The van der Waals surface area contributed by atoms with Crippen LogP contribution in [0.3, 0.4) is 0 Å². The molecule has 5 unspecified atom stereocenters. The second-order valence-electron chi connectivity index (χ2n) is 10.5. The van der Waals surface area contributed by atoms with Crippen molar-refractivity contribution in [1.29, 1.82) is 0 Å². The molecule has 6 nitrogen and oxygen atoms in total. The van der Waals surface area contributed by atoms with Gasteiger partial charge in [0.05, 0.1) is 35.8 Å². The fraction of sp³-hybridized carbons (Fsp3) is 0.552. The molecule has 1 amide bonds. The maximum Gasteiger partial charge on any atom is 0.223 e. The van der Waals surface area contributed by atoms with Gasteiger partial charge in [0.15, 0.2) is 0 Å². The van der Waals surface area contributed by atoms with Crippen LogP contribution in [-0.2, 0) is 9.59 Å². The summed E-state index contributed by atoms with van der Waals surface area (Å²) in [6, 6.07) is 5.00. The molecule has 0 aliphatic carbocycles. The van der Waals surface area contributed by atoms with Crippen molar-refractivity contribution in [2.45, 2.75) is 84.5 Å². The molecule has 3 N–H and O–H groups in total. The number of hydrogen-bond donors (Lipinski definition) is 3. The van der Waals surface area contributed by atoms with Gasteiger partial charge in [0.1, 0.15) is 5.78 Å². The number of nitrogens with one attached hydrogen (secondary N) is 1. The van der Waals surface area contributed by atoms with Crippen molar-refractivity contribution in [1.82, 2.24) is 10.3 Å². The summed E-state index contributed by atoms with van der Waals surface area (Å²) < 4.78 is 0. The monoisotopic (exact) mass is 516 g/mol. The summed E-state index contributed by atoms with van der Waals surface area (Å²) in [5, 5.41) is 25.4. The van der Waals surface area contributed by atoms with E-state index in [0.29, 0.717) is 23.6 Å². The molecule has 1 aromatic rings. The summed E-state index contributed by atoms with van der Waals surface area (Å²) in [6.45, 7) is 11.0. The summed E-state index contributed by atoms with van der Waals surface area (Å²) in [6.07, 6.45) is 7.98. The van der Waals surface area contributed by atoms with Gasteiger partial charge in [-0.25, -0.2) is 0 Å². The number of carbonyl (C=O) groups excluding carboxylic acids is 2. The maximum atomic E-state index is 13.5. The van der Waals surface area contributed by atoms with Crippen molar-refractivity contribution in [2.75, 3.05) is 0 Å². The topological polar surface area (TPSA) is 99.5 Å². The van der Waals surface area contributed by atoms with Gasteiger partial charge >= 0.3 is 0 Å². The molecular weight excluding hydrogens is 476 g/mol. The fourth-order valence-corrected chi connectivity index (χ4v) is 4.80. The molecule has 2 rings (SSSR count). The first-order valence-electron chi connectivity index (χ1n) is 12.7. The summed E-state index contributed by atoms with van der Waals surface area (Å²) in [5.41, 5.74) is 0.602. The maximum absolute atomic E-state index is 13.5. The van der Waals surface area contributed by atoms with Gasteiger partial charge in [0, 0.05) is 17.1 Å². The highest BCUT2D eigenvalue weighted by atomic mass is 35.5. The Kier molecular flexibility index (Phi) is 11.5. The molecule has 198 valence electrons. The molecule has 7 heteroatoms. The van der Waals surface area contributed by atoms with Crippen molar-refractivity contribution in [3.63, 3.8) is 0 Å². The molecule has 0 saturated heterocycles. The Morgan fingerprint density at radius 1 is 1.31 bits per heavy atom. The minimum absolute atomic E-state index is 0.0978. The van der Waals surface area contributed by atoms with E-state index in [9.17, 15) is 19.8 Å². The average Bonchev–Trinajstić information content (AvgIpc) is 2.84. The summed E-state index contributed by atoms with van der Waals surface area (Å²) >= 11 is 6.63. The van der Waals surface area contributed by atoms with Crippen molar-refractivity contribution in [3.05, 3.63) is 59.4 Å². The molecule has 0 radical (unpaired) electrons. The highest BCUT2D eigenvalue weighted by Gasteiger charge is 2.43. The van der Waals surface area contributed by atoms with Gasteiger partial charge in [-0.3, -0.25) is 14.6 Å². The Labute approximate surface area is 220 Å². The van der Waals surface area contributed by atoms with Crippen LogP contribution in [-0.4, -0.2) is 45.1 Å². The highest BCUT2D eigenvalue weighted by molar-refractivity contribution is 6.32. The van der Waals surface area contributed by atoms with Crippen molar-refractivity contribution in [3.8, 4) is 0 Å². The standard InChI is InChI=1S/C29H41ClN2O4/c1-6-10-22-27(35)20(3)12-9-11-19(2)14-15-24(23(30)17-21-13-7-8-16-31-21)32-26(34)18-25(33)29(4,5)28(22)36/h6-8,13-14,16-17,20,22,24-25,27,33,35H,1,9-12,15,18H2,2-5H3,(H,32,34)/b19-14+,23-17?. The van der Waals surface area contributed by atoms with Gasteiger partial charge < -0.3 is 15.5 Å². The molecule has 0 bridgehead atoms. The number of rotatable bonds is 4. The first kappa shape index (κ1) is 29.9. The van der Waals surface area contributed by atoms with Crippen molar-refractivity contribution < 1.29 is 19.8 Å². The predicted molar refractivity (Wildman–Crippen MR) is 145 cm³/mol. The van der Waals surface area contributed by atoms with Crippen LogP contribution in [0.2, 0.25) is 0 Å². The van der Waals surface area contributed by atoms with Gasteiger partial charge in [-0.2, -0.15) is 0 Å². The third-order valence-electron chi connectivity index (χ3n) is 7.17. The van der Waals surface area contributed by atoms with Gasteiger partial charge in [0.2, 0.25) is 5.91 Å². The minimum atomic E-state index is -1.23. The molecule has 1 aliphatic heterocycles. The molecule has 0 spiro atoms. The van der Waals surface area contributed by atoms with Gasteiger partial charge in [-0.15, -0.1) is 6.58 Å². The Hall–Kier alpha value is -2.28. The number of allylic oxidation sites excluding steroid dienone is 2. The molecular formula is C29H41ClN2O4. The molecule has 1 aliphatic rings. The largest absolute Gasteiger partial charge is 0.392 e. The van der Waals surface area contributed by atoms with Crippen LogP contribution in [0.5, 0.6) is 0 Å². The summed E-state index contributed by atoms with van der Waals surface area (Å²) in [4.78, 5) is 30.8. The number of aliphatic hydroxyl groups excluding tert-OH is 2. The number of ketones is 1. The molecule has 2 heterocycles. The second kappa shape index (κ2) is 13.9. The predicted octanol–water partition coefficient (Wildman–Crippen LogP) is 5.20. The Balaban J connectivity index is 2.37. The van der Waals surface area contributed by atoms with Crippen molar-refractivity contribution >= 4 is 29.4 Å². The van der Waals surface area contributed by atoms with E-state index in [4.69, 9.17) is 11.6 Å². The van der Waals surface area contributed by atoms with Gasteiger partial charge in [0.25, 0.3) is 0 Å². The highest BCUT2D eigenvalue weighted by Crippen LogP contribution is 2.34. The van der Waals surface area contributed by atoms with E-state index >= 15 is 0 Å². The number of nitrogens with zero attached hydrogens (tertiary/aromatic N) is 1. The Morgan fingerprint density at radius 2 is 2.03 bits per heavy atom. The van der Waals surface area contributed by atoms with E-state index in [1.54, 1.807) is 32.2 Å². The summed E-state index contributed by atoms with van der Waals surface area (Å²) in [5.74, 6) is -1.47. The first-order valence-corrected chi connectivity index (χ1v) is 13.1. The quantitative estimate of drug-likeness (QED) is 0.477. The molecule has 5 atom stereocenters. The fourth-order valence-electron chi connectivity index (χ4n) is 4.54. The van der Waals surface area contributed by atoms with E-state index in [0.717, 1.165) is 24.8 Å². The number of pyridine rings is 1. The SMILES string of the molecule is C=CCC1C(=O)C(C)(C)C(O)CC(=O)NC(C(Cl)=Cc2ccccn2)C/C=C(\C)CCCC(C)C1O. The summed E-state index contributed by atoms with van der Waals surface area (Å²) in [7, 11) is 0. The third-order valence-corrected chi connectivity index (χ3v) is 7.55. The minimum Gasteiger partial charge on any atom is -0.392 e. The lowest BCUT2D eigenvalue weighted by molar-refractivity contribution is -0.143. The van der Waals surface area contributed by atoms with Crippen molar-refractivity contribution in [2.24, 2.45) is 17.3 Å². The van der Waals surface area contributed by atoms with E-state index in [1.165, 1.54) is 0 Å². The first-order chi connectivity index (χ1) is 17.0. The Morgan fingerprint density at radius 3 is 2.67 bits per heavy atom. The van der Waals surface area contributed by atoms with E-state index in [-0.39, 0.29) is 18.1 Å². The molecule has 0 fully saturated rings. The second-order valence-corrected chi connectivity index (χ2v) is 10.9. The van der Waals surface area contributed by atoms with Crippen LogP contribution in [0.4, 0.5) is 0 Å². The van der Waals surface area contributed by atoms with E-state index in [1.807, 2.05) is 32.0 Å². The number of halogens is 1.